The van der Waals surface area contributed by atoms with Crippen molar-refractivity contribution in [2.45, 2.75) is 70.9 Å². The van der Waals surface area contributed by atoms with E-state index in [1.165, 1.54) is 31.2 Å². The first-order valence-corrected chi connectivity index (χ1v) is 10.3. The van der Waals surface area contributed by atoms with Crippen LogP contribution in [0.25, 0.3) is 5.70 Å². The van der Waals surface area contributed by atoms with Crippen molar-refractivity contribution >= 4 is 11.5 Å². The summed E-state index contributed by atoms with van der Waals surface area (Å²) in [5.41, 5.74) is 4.39. The predicted octanol–water partition coefficient (Wildman–Crippen LogP) is 4.22. The summed E-state index contributed by atoms with van der Waals surface area (Å²) < 4.78 is 5.61. The molecular weight excluding hydrogens is 336 g/mol. The summed E-state index contributed by atoms with van der Waals surface area (Å²) in [6.07, 6.45) is 9.75. The number of benzene rings is 1. The highest BCUT2D eigenvalue weighted by Gasteiger charge is 2.30. The normalized spacial score (nSPS) is 21.3. The number of carbonyl (C=O) groups excluding carboxylic acids is 1. The molecular formula is C23H34N2O2. The van der Waals surface area contributed by atoms with E-state index in [9.17, 15) is 4.79 Å². The summed E-state index contributed by atoms with van der Waals surface area (Å²) in [6.45, 7) is 5.12. The van der Waals surface area contributed by atoms with Crippen molar-refractivity contribution in [2.24, 2.45) is 5.92 Å². The molecule has 0 unspecified atom stereocenters. The van der Waals surface area contributed by atoms with Gasteiger partial charge in [0, 0.05) is 40.9 Å². The van der Waals surface area contributed by atoms with Crippen LogP contribution in [0.15, 0.2) is 18.2 Å². The number of nitrogens with one attached hydrogen (secondary N) is 2. The van der Waals surface area contributed by atoms with Gasteiger partial charge < -0.3 is 15.4 Å². The molecule has 148 valence electrons. The quantitative estimate of drug-likeness (QED) is 0.602. The molecule has 0 aromatic heterocycles. The van der Waals surface area contributed by atoms with Gasteiger partial charge in [-0.15, -0.1) is 0 Å². The first kappa shape index (κ1) is 19.9. The zero-order valence-corrected chi connectivity index (χ0v) is 17.3. The molecule has 0 bridgehead atoms. The van der Waals surface area contributed by atoms with E-state index in [0.717, 1.165) is 48.4 Å². The lowest BCUT2D eigenvalue weighted by atomic mass is 9.83. The second kappa shape index (κ2) is 8.47. The van der Waals surface area contributed by atoms with Gasteiger partial charge in [-0.25, -0.2) is 0 Å². The summed E-state index contributed by atoms with van der Waals surface area (Å²) in [5.74, 6) is 1.38. The van der Waals surface area contributed by atoms with Gasteiger partial charge in [0.05, 0.1) is 7.11 Å². The lowest BCUT2D eigenvalue weighted by Gasteiger charge is -2.36. The topological polar surface area (TPSA) is 50.4 Å². The molecule has 0 radical (unpaired) electrons. The fourth-order valence-electron chi connectivity index (χ4n) is 4.47. The zero-order chi connectivity index (χ0) is 19.4. The van der Waals surface area contributed by atoms with Crippen LogP contribution in [0.5, 0.6) is 5.75 Å². The van der Waals surface area contributed by atoms with Crippen LogP contribution in [0.3, 0.4) is 0 Å². The average molecular weight is 371 g/mol. The number of ketones is 1. The fourth-order valence-corrected chi connectivity index (χ4v) is 4.47. The van der Waals surface area contributed by atoms with Gasteiger partial charge in [-0.2, -0.15) is 0 Å². The van der Waals surface area contributed by atoms with Crippen LogP contribution in [-0.2, 0) is 17.8 Å². The Morgan fingerprint density at radius 3 is 2.59 bits per heavy atom. The number of allylic oxidation sites excluding steroid dienone is 1. The molecule has 3 rings (SSSR count). The van der Waals surface area contributed by atoms with E-state index < -0.39 is 0 Å². The van der Waals surface area contributed by atoms with Crippen LogP contribution in [-0.4, -0.2) is 25.5 Å². The van der Waals surface area contributed by atoms with Gasteiger partial charge in [-0.1, -0.05) is 25.7 Å². The Hall–Kier alpha value is -1.81. The van der Waals surface area contributed by atoms with Crippen molar-refractivity contribution < 1.29 is 9.53 Å². The highest BCUT2D eigenvalue weighted by atomic mass is 16.5. The predicted molar refractivity (Wildman–Crippen MR) is 111 cm³/mol. The molecule has 1 aromatic rings. The monoisotopic (exact) mass is 370 g/mol. The SMILES string of the molecule is CNCc1cc2c(cc1OC)CC(C)(C)N/C2=C\C(=O)C1CCCCCC1. The highest BCUT2D eigenvalue weighted by Crippen LogP contribution is 2.35. The van der Waals surface area contributed by atoms with E-state index in [4.69, 9.17) is 4.74 Å². The lowest BCUT2D eigenvalue weighted by molar-refractivity contribution is -0.118. The zero-order valence-electron chi connectivity index (χ0n) is 17.3. The third kappa shape index (κ3) is 4.73. The Kier molecular flexibility index (Phi) is 6.25. The van der Waals surface area contributed by atoms with Gasteiger partial charge in [0.25, 0.3) is 0 Å². The molecule has 1 fully saturated rings. The third-order valence-electron chi connectivity index (χ3n) is 5.81. The lowest BCUT2D eigenvalue weighted by Crippen LogP contribution is -2.44. The molecule has 1 aliphatic carbocycles. The molecule has 2 aliphatic rings. The van der Waals surface area contributed by atoms with Crippen LogP contribution < -0.4 is 15.4 Å². The van der Waals surface area contributed by atoms with Gasteiger partial charge in [-0.05, 0) is 57.9 Å². The maximum Gasteiger partial charge on any atom is 0.160 e. The standard InChI is InChI=1S/C23H34N2O2/c1-23(2)14-17-12-22(27-4)18(15-24-3)11-19(17)20(25-23)13-21(26)16-9-7-5-6-8-10-16/h11-13,16,24-25H,5-10,14-15H2,1-4H3/b20-13-. The van der Waals surface area contributed by atoms with Crippen molar-refractivity contribution in [1.82, 2.24) is 10.6 Å². The minimum atomic E-state index is -0.0852. The first-order valence-electron chi connectivity index (χ1n) is 10.3. The molecule has 1 saturated carbocycles. The average Bonchev–Trinajstić information content (AvgIpc) is 2.90. The van der Waals surface area contributed by atoms with Crippen molar-refractivity contribution in [2.75, 3.05) is 14.2 Å². The highest BCUT2D eigenvalue weighted by molar-refractivity contribution is 5.98. The van der Waals surface area contributed by atoms with E-state index in [1.807, 2.05) is 13.1 Å². The van der Waals surface area contributed by atoms with E-state index in [0.29, 0.717) is 0 Å². The molecule has 1 aromatic carbocycles. The first-order chi connectivity index (χ1) is 12.9. The number of carbonyl (C=O) groups is 1. The Labute approximate surface area is 163 Å². The minimum absolute atomic E-state index is 0.0852. The van der Waals surface area contributed by atoms with Gasteiger partial charge >= 0.3 is 0 Å². The van der Waals surface area contributed by atoms with Crippen LogP contribution >= 0.6 is 0 Å². The van der Waals surface area contributed by atoms with E-state index in [1.54, 1.807) is 7.11 Å². The summed E-state index contributed by atoms with van der Waals surface area (Å²) in [5, 5.41) is 6.83. The Balaban J connectivity index is 1.98. The maximum absolute atomic E-state index is 13.0. The van der Waals surface area contributed by atoms with Gasteiger partial charge in [-0.3, -0.25) is 4.79 Å². The summed E-state index contributed by atoms with van der Waals surface area (Å²) in [6, 6.07) is 4.33. The fraction of sp³-hybridized carbons (Fsp3) is 0.609. The maximum atomic E-state index is 13.0. The molecule has 0 spiro atoms. The Bertz CT molecular complexity index is 713. The van der Waals surface area contributed by atoms with Crippen LogP contribution in [0.2, 0.25) is 0 Å². The molecule has 0 saturated heterocycles. The molecule has 1 heterocycles. The molecule has 2 N–H and O–H groups in total. The Morgan fingerprint density at radius 1 is 1.26 bits per heavy atom. The van der Waals surface area contributed by atoms with Crippen LogP contribution in [0.4, 0.5) is 0 Å². The summed E-state index contributed by atoms with van der Waals surface area (Å²) in [4.78, 5) is 13.0. The minimum Gasteiger partial charge on any atom is -0.496 e. The van der Waals surface area contributed by atoms with Crippen LogP contribution in [0, 0.1) is 5.92 Å². The number of hydrogen-bond acceptors (Lipinski definition) is 4. The largest absolute Gasteiger partial charge is 0.496 e. The summed E-state index contributed by atoms with van der Waals surface area (Å²) in [7, 11) is 3.66. The number of ether oxygens (including phenoxy) is 1. The number of rotatable bonds is 5. The number of hydrogen-bond donors (Lipinski definition) is 2. The number of fused-ring (bicyclic) bond motifs is 1. The van der Waals surface area contributed by atoms with Crippen LogP contribution in [0.1, 0.15) is 69.1 Å². The molecule has 0 atom stereocenters. The number of methoxy groups -OCH3 is 1. The van der Waals surface area contributed by atoms with Gasteiger partial charge in [0.15, 0.2) is 5.78 Å². The van der Waals surface area contributed by atoms with E-state index in [2.05, 4.69) is 36.6 Å². The van der Waals surface area contributed by atoms with Crippen molar-refractivity contribution in [3.8, 4) is 5.75 Å². The summed E-state index contributed by atoms with van der Waals surface area (Å²) >= 11 is 0. The Morgan fingerprint density at radius 2 is 1.96 bits per heavy atom. The molecule has 27 heavy (non-hydrogen) atoms. The van der Waals surface area contributed by atoms with Gasteiger partial charge in [0.2, 0.25) is 0 Å². The molecule has 4 heteroatoms. The second-order valence-corrected chi connectivity index (χ2v) is 8.69. The third-order valence-corrected chi connectivity index (χ3v) is 5.81. The molecule has 4 nitrogen and oxygen atoms in total. The smallest absolute Gasteiger partial charge is 0.160 e. The molecule has 0 amide bonds. The van der Waals surface area contributed by atoms with E-state index >= 15 is 0 Å². The second-order valence-electron chi connectivity index (χ2n) is 8.69. The molecule has 1 aliphatic heterocycles. The van der Waals surface area contributed by atoms with E-state index in [-0.39, 0.29) is 17.2 Å². The van der Waals surface area contributed by atoms with Crippen molar-refractivity contribution in [3.63, 3.8) is 0 Å². The van der Waals surface area contributed by atoms with Crippen molar-refractivity contribution in [3.05, 3.63) is 34.9 Å². The van der Waals surface area contributed by atoms with Gasteiger partial charge in [0.1, 0.15) is 5.75 Å². The van der Waals surface area contributed by atoms with Crippen molar-refractivity contribution in [1.29, 1.82) is 0 Å².